The molecule has 0 amide bonds. The molecule has 0 radical (unpaired) electrons. The van der Waals surface area contributed by atoms with Gasteiger partial charge in [-0.15, -0.1) is 0 Å². The molecule has 0 saturated carbocycles. The summed E-state index contributed by atoms with van der Waals surface area (Å²) in [4.78, 5) is 18.1. The van der Waals surface area contributed by atoms with E-state index in [9.17, 15) is 13.2 Å². The largest absolute Gasteiger partial charge is 0.481 e. The fraction of sp³-hybridized carbons (Fsp3) is 0.344. The minimum Gasteiger partial charge on any atom is -0.481 e. The predicted octanol–water partition coefficient (Wildman–Crippen LogP) is 5.18. The smallest absolute Gasteiger partial charge is 0.309 e. The van der Waals surface area contributed by atoms with E-state index in [1.807, 2.05) is 67.6 Å². The summed E-state index contributed by atoms with van der Waals surface area (Å²) in [5.41, 5.74) is 3.52. The summed E-state index contributed by atoms with van der Waals surface area (Å²) in [5, 5.41) is 13.9. The van der Waals surface area contributed by atoms with Gasteiger partial charge < -0.3 is 9.63 Å². The standard InChI is InChI=1S/C32H33ClN4O5S/c1-22-2-12-28(13-3-22)43(40,41)37-17-16-32(21-37,26-8-10-27(33)11-9-26)15-14-29-34-30(35-42-29)24-6-4-23(5-7-24)18-36-19-25(20-36)31(38)39/h2-13,25H,14-21H2,1H3,(H,38,39). The van der Waals surface area contributed by atoms with Crippen LogP contribution in [0.2, 0.25) is 5.02 Å². The van der Waals surface area contributed by atoms with Crippen molar-refractivity contribution in [1.29, 1.82) is 0 Å². The lowest BCUT2D eigenvalue weighted by atomic mass is 9.76. The second kappa shape index (κ2) is 11.8. The Hall–Kier alpha value is -3.57. The molecular weight excluding hydrogens is 588 g/mol. The Labute approximate surface area is 256 Å². The van der Waals surface area contributed by atoms with Gasteiger partial charge in [0.2, 0.25) is 21.7 Å². The van der Waals surface area contributed by atoms with Crippen LogP contribution in [0.4, 0.5) is 0 Å². The quantitative estimate of drug-likeness (QED) is 0.258. The highest BCUT2D eigenvalue weighted by molar-refractivity contribution is 7.89. The Morgan fingerprint density at radius 3 is 2.42 bits per heavy atom. The number of carboxylic acids is 1. The molecule has 3 heterocycles. The molecule has 6 rings (SSSR count). The third-order valence-corrected chi connectivity index (χ3v) is 10.8. The van der Waals surface area contributed by atoms with Gasteiger partial charge in [0, 0.05) is 55.1 Å². The molecule has 2 aliphatic heterocycles. The molecular formula is C32H33ClN4O5S. The van der Waals surface area contributed by atoms with E-state index in [1.165, 1.54) is 0 Å². The molecule has 1 N–H and O–H groups in total. The number of aliphatic carboxylic acids is 1. The highest BCUT2D eigenvalue weighted by Gasteiger charge is 2.44. The number of carboxylic acid groups (broad SMARTS) is 1. The van der Waals surface area contributed by atoms with Crippen LogP contribution in [0.3, 0.4) is 0 Å². The summed E-state index contributed by atoms with van der Waals surface area (Å²) in [5.74, 6) is -0.0311. The molecule has 11 heteroatoms. The first-order chi connectivity index (χ1) is 20.6. The van der Waals surface area contributed by atoms with Gasteiger partial charge in [0.05, 0.1) is 10.8 Å². The Morgan fingerprint density at radius 2 is 1.74 bits per heavy atom. The lowest BCUT2D eigenvalue weighted by molar-refractivity contribution is -0.147. The molecule has 9 nitrogen and oxygen atoms in total. The lowest BCUT2D eigenvalue weighted by Crippen LogP contribution is -2.49. The molecule has 0 aliphatic carbocycles. The average molecular weight is 621 g/mol. The van der Waals surface area contributed by atoms with Crippen LogP contribution >= 0.6 is 11.6 Å². The van der Waals surface area contributed by atoms with Crippen LogP contribution in [0.15, 0.2) is 82.2 Å². The maximum absolute atomic E-state index is 13.5. The van der Waals surface area contributed by atoms with Crippen molar-refractivity contribution < 1.29 is 22.8 Å². The zero-order valence-corrected chi connectivity index (χ0v) is 25.4. The zero-order valence-electron chi connectivity index (χ0n) is 23.8. The molecule has 1 aromatic heterocycles. The highest BCUT2D eigenvalue weighted by Crippen LogP contribution is 2.41. The summed E-state index contributed by atoms with van der Waals surface area (Å²) in [6.07, 6.45) is 1.78. The molecule has 2 saturated heterocycles. The van der Waals surface area contributed by atoms with Crippen LogP contribution < -0.4 is 0 Å². The summed E-state index contributed by atoms with van der Waals surface area (Å²) < 4.78 is 34.3. The average Bonchev–Trinajstić information content (AvgIpc) is 3.63. The van der Waals surface area contributed by atoms with Crippen LogP contribution in [-0.4, -0.2) is 65.0 Å². The van der Waals surface area contributed by atoms with Gasteiger partial charge in [-0.2, -0.15) is 9.29 Å². The van der Waals surface area contributed by atoms with Gasteiger partial charge in [-0.05, 0) is 55.2 Å². The first-order valence-electron chi connectivity index (χ1n) is 14.3. The summed E-state index contributed by atoms with van der Waals surface area (Å²) >= 11 is 6.19. The van der Waals surface area contributed by atoms with E-state index in [0.717, 1.165) is 22.3 Å². The van der Waals surface area contributed by atoms with E-state index in [-0.39, 0.29) is 5.92 Å². The molecule has 43 heavy (non-hydrogen) atoms. The minimum absolute atomic E-state index is 0.277. The van der Waals surface area contributed by atoms with E-state index in [4.69, 9.17) is 21.2 Å². The number of likely N-dealkylation sites (tertiary alicyclic amines) is 1. The van der Waals surface area contributed by atoms with Crippen LogP contribution in [-0.2, 0) is 33.2 Å². The number of halogens is 1. The van der Waals surface area contributed by atoms with Crippen LogP contribution in [0.1, 0.15) is 35.4 Å². The number of sulfonamides is 1. The molecule has 4 aromatic rings. The van der Waals surface area contributed by atoms with Gasteiger partial charge in [-0.1, -0.05) is 70.9 Å². The SMILES string of the molecule is Cc1ccc(S(=O)(=O)N2CCC(CCc3nc(-c4ccc(CN5CC(C(=O)O)C5)cc4)no3)(c3ccc(Cl)cc3)C2)cc1. The van der Waals surface area contributed by atoms with Gasteiger partial charge in [0.25, 0.3) is 0 Å². The summed E-state index contributed by atoms with van der Waals surface area (Å²) in [7, 11) is -3.65. The predicted molar refractivity (Wildman–Crippen MR) is 162 cm³/mol. The Balaban J connectivity index is 1.15. The first-order valence-corrected chi connectivity index (χ1v) is 16.1. The molecule has 1 unspecified atom stereocenters. The van der Waals surface area contributed by atoms with E-state index in [1.54, 1.807) is 16.4 Å². The highest BCUT2D eigenvalue weighted by atomic mass is 35.5. The van der Waals surface area contributed by atoms with Crippen molar-refractivity contribution in [3.63, 3.8) is 0 Å². The Morgan fingerprint density at radius 1 is 1.05 bits per heavy atom. The van der Waals surface area contributed by atoms with Crippen LogP contribution in [0.5, 0.6) is 0 Å². The lowest BCUT2D eigenvalue weighted by Gasteiger charge is -2.36. The van der Waals surface area contributed by atoms with Gasteiger partial charge in [-0.3, -0.25) is 9.69 Å². The second-order valence-electron chi connectivity index (χ2n) is 11.6. The molecule has 0 spiro atoms. The van der Waals surface area contributed by atoms with E-state index in [2.05, 4.69) is 15.0 Å². The number of carbonyl (C=O) groups is 1. The topological polar surface area (TPSA) is 117 Å². The molecule has 0 bridgehead atoms. The van der Waals surface area contributed by atoms with E-state index in [0.29, 0.717) is 73.6 Å². The minimum atomic E-state index is -3.65. The van der Waals surface area contributed by atoms with Crippen LogP contribution in [0, 0.1) is 12.8 Å². The number of hydrogen-bond acceptors (Lipinski definition) is 7. The first kappa shape index (κ1) is 29.5. The Bertz CT molecular complexity index is 1700. The van der Waals surface area contributed by atoms with Crippen molar-refractivity contribution in [3.8, 4) is 11.4 Å². The van der Waals surface area contributed by atoms with Gasteiger partial charge >= 0.3 is 5.97 Å². The summed E-state index contributed by atoms with van der Waals surface area (Å²) in [6, 6.07) is 22.5. The fourth-order valence-electron chi connectivity index (χ4n) is 5.98. The van der Waals surface area contributed by atoms with Crippen LogP contribution in [0.25, 0.3) is 11.4 Å². The van der Waals surface area contributed by atoms with Crippen molar-refractivity contribution >= 4 is 27.6 Å². The van der Waals surface area contributed by atoms with Crippen molar-refractivity contribution in [2.24, 2.45) is 5.92 Å². The molecule has 3 aromatic carbocycles. The molecule has 1 atom stereocenters. The number of rotatable bonds is 10. The molecule has 2 fully saturated rings. The number of aryl methyl sites for hydroxylation is 2. The van der Waals surface area contributed by atoms with E-state index >= 15 is 0 Å². The van der Waals surface area contributed by atoms with Gasteiger partial charge in [0.1, 0.15) is 0 Å². The maximum atomic E-state index is 13.5. The molecule has 224 valence electrons. The van der Waals surface area contributed by atoms with Crippen molar-refractivity contribution in [2.75, 3.05) is 26.2 Å². The molecule has 2 aliphatic rings. The Kier molecular flexibility index (Phi) is 8.12. The van der Waals surface area contributed by atoms with Crippen molar-refractivity contribution in [2.45, 2.75) is 43.0 Å². The fourth-order valence-corrected chi connectivity index (χ4v) is 7.63. The maximum Gasteiger partial charge on any atom is 0.309 e. The number of nitrogens with zero attached hydrogens (tertiary/aromatic N) is 4. The number of hydrogen-bond donors (Lipinski definition) is 1. The third-order valence-electron chi connectivity index (χ3n) is 8.64. The van der Waals surface area contributed by atoms with Gasteiger partial charge in [0.15, 0.2) is 0 Å². The number of benzene rings is 3. The van der Waals surface area contributed by atoms with E-state index < -0.39 is 21.4 Å². The summed E-state index contributed by atoms with van der Waals surface area (Å²) in [6.45, 7) is 4.53. The monoisotopic (exact) mass is 620 g/mol. The normalized spacial score (nSPS) is 19.9. The van der Waals surface area contributed by atoms with Crippen molar-refractivity contribution in [3.05, 3.63) is 100 Å². The second-order valence-corrected chi connectivity index (χ2v) is 14.0. The zero-order chi connectivity index (χ0) is 30.2. The van der Waals surface area contributed by atoms with Gasteiger partial charge in [-0.25, -0.2) is 8.42 Å². The number of aromatic nitrogens is 2. The van der Waals surface area contributed by atoms with Crippen molar-refractivity contribution in [1.82, 2.24) is 19.3 Å². The third kappa shape index (κ3) is 6.24.